The monoisotopic (exact) mass is 549 g/mol. The Balaban J connectivity index is 1.06. The zero-order chi connectivity index (χ0) is 25.0. The Morgan fingerprint density at radius 1 is 1.14 bits per heavy atom. The van der Waals surface area contributed by atoms with Gasteiger partial charge in [0, 0.05) is 35.9 Å². The first-order chi connectivity index (χ1) is 17.4. The standard InChI is InChI=1S/C28H32BrN5O2/c1-16-11-24-25(12-17(16)2)34(28(36)31-24)20-7-9-33(10-8-20)15-27(35)32-26-14-22-21-5-4-19(29)13-18(21)3-6-23(22)30-26/h4-5,11-13,20,22-23H,3,6-10,14-15H2,1-2H3,(H,31,36)(H,30,32,35). The minimum atomic E-state index is -0.0409. The van der Waals surface area contributed by atoms with E-state index in [1.807, 2.05) is 4.57 Å². The maximum absolute atomic E-state index is 12.9. The summed E-state index contributed by atoms with van der Waals surface area (Å²) >= 11 is 3.58. The largest absolute Gasteiger partial charge is 0.326 e. The van der Waals surface area contributed by atoms with Crippen LogP contribution in [0.2, 0.25) is 0 Å². The Morgan fingerprint density at radius 2 is 1.92 bits per heavy atom. The van der Waals surface area contributed by atoms with Crippen molar-refractivity contribution in [3.63, 3.8) is 0 Å². The van der Waals surface area contributed by atoms with E-state index in [4.69, 9.17) is 4.99 Å². The Bertz CT molecular complexity index is 1430. The molecule has 2 unspecified atom stereocenters. The zero-order valence-corrected chi connectivity index (χ0v) is 22.4. The lowest BCUT2D eigenvalue weighted by molar-refractivity contribution is -0.121. The van der Waals surface area contributed by atoms with Crippen LogP contribution in [0.1, 0.15) is 59.9 Å². The number of amidine groups is 1. The van der Waals surface area contributed by atoms with Crippen molar-refractivity contribution in [3.05, 3.63) is 67.5 Å². The molecule has 2 aromatic carbocycles. The minimum absolute atomic E-state index is 0.0113. The predicted molar refractivity (Wildman–Crippen MR) is 146 cm³/mol. The van der Waals surface area contributed by atoms with E-state index in [1.54, 1.807) is 0 Å². The Morgan fingerprint density at radius 3 is 2.72 bits per heavy atom. The number of aromatic nitrogens is 2. The molecule has 1 fully saturated rings. The Hall–Kier alpha value is -2.71. The van der Waals surface area contributed by atoms with E-state index in [1.165, 1.54) is 22.3 Å². The number of carbonyl (C=O) groups is 1. The van der Waals surface area contributed by atoms with Crippen LogP contribution in [0.4, 0.5) is 0 Å². The van der Waals surface area contributed by atoms with Crippen molar-refractivity contribution in [3.8, 4) is 0 Å². The van der Waals surface area contributed by atoms with E-state index in [2.05, 4.69) is 75.3 Å². The van der Waals surface area contributed by atoms with Crippen molar-refractivity contribution < 1.29 is 4.79 Å². The highest BCUT2D eigenvalue weighted by Gasteiger charge is 2.35. The fourth-order valence-electron chi connectivity index (χ4n) is 6.30. The molecule has 1 aliphatic carbocycles. The van der Waals surface area contributed by atoms with Crippen LogP contribution >= 0.6 is 15.9 Å². The number of nitrogens with zero attached hydrogens (tertiary/aromatic N) is 3. The first-order valence-electron chi connectivity index (χ1n) is 12.9. The van der Waals surface area contributed by atoms with Gasteiger partial charge >= 0.3 is 5.69 Å². The summed E-state index contributed by atoms with van der Waals surface area (Å²) in [4.78, 5) is 35.7. The van der Waals surface area contributed by atoms with E-state index in [0.717, 1.165) is 66.5 Å². The predicted octanol–water partition coefficient (Wildman–Crippen LogP) is 4.36. The van der Waals surface area contributed by atoms with Crippen LogP contribution in [0.25, 0.3) is 11.0 Å². The average molecular weight is 551 g/mol. The topological polar surface area (TPSA) is 82.5 Å². The molecule has 1 amide bonds. The molecule has 2 aliphatic heterocycles. The summed E-state index contributed by atoms with van der Waals surface area (Å²) in [6, 6.07) is 11.1. The van der Waals surface area contributed by atoms with Gasteiger partial charge in [-0.25, -0.2) is 4.79 Å². The fourth-order valence-corrected chi connectivity index (χ4v) is 6.70. The van der Waals surface area contributed by atoms with Gasteiger partial charge in [0.1, 0.15) is 5.84 Å². The normalized spacial score (nSPS) is 22.4. The number of amides is 1. The molecule has 7 nitrogen and oxygen atoms in total. The first-order valence-corrected chi connectivity index (χ1v) is 13.7. The number of benzene rings is 2. The molecule has 3 heterocycles. The molecule has 0 radical (unpaired) electrons. The third-order valence-corrected chi connectivity index (χ3v) is 8.81. The van der Waals surface area contributed by atoms with Crippen LogP contribution in [-0.2, 0) is 11.2 Å². The lowest BCUT2D eigenvalue weighted by Gasteiger charge is -2.32. The highest BCUT2D eigenvalue weighted by Crippen LogP contribution is 2.40. The van der Waals surface area contributed by atoms with Gasteiger partial charge in [-0.2, -0.15) is 0 Å². The van der Waals surface area contributed by atoms with E-state index < -0.39 is 0 Å². The van der Waals surface area contributed by atoms with Crippen molar-refractivity contribution in [2.24, 2.45) is 4.99 Å². The summed E-state index contributed by atoms with van der Waals surface area (Å²) in [7, 11) is 0. The quantitative estimate of drug-likeness (QED) is 0.509. The molecule has 0 spiro atoms. The third-order valence-electron chi connectivity index (χ3n) is 8.32. The summed E-state index contributed by atoms with van der Waals surface area (Å²) in [5.41, 5.74) is 6.99. The third kappa shape index (κ3) is 4.34. The lowest BCUT2D eigenvalue weighted by atomic mass is 9.79. The van der Waals surface area contributed by atoms with E-state index in [9.17, 15) is 9.59 Å². The molecule has 6 rings (SSSR count). The molecular weight excluding hydrogens is 518 g/mol. The second kappa shape index (κ2) is 9.30. The number of imidazole rings is 1. The summed E-state index contributed by atoms with van der Waals surface area (Å²) in [6.45, 7) is 6.10. The number of halogens is 1. The zero-order valence-electron chi connectivity index (χ0n) is 20.8. The second-order valence-electron chi connectivity index (χ2n) is 10.6. The van der Waals surface area contributed by atoms with Crippen molar-refractivity contribution in [1.82, 2.24) is 19.8 Å². The van der Waals surface area contributed by atoms with Crippen LogP contribution in [0, 0.1) is 13.8 Å². The van der Waals surface area contributed by atoms with Gasteiger partial charge in [0.15, 0.2) is 0 Å². The van der Waals surface area contributed by atoms with Gasteiger partial charge in [-0.15, -0.1) is 0 Å². The summed E-state index contributed by atoms with van der Waals surface area (Å²) in [6.07, 6.45) is 4.58. The van der Waals surface area contributed by atoms with Gasteiger partial charge in [0.05, 0.1) is 23.6 Å². The molecule has 36 heavy (non-hydrogen) atoms. The van der Waals surface area contributed by atoms with Gasteiger partial charge in [-0.3, -0.25) is 19.3 Å². The number of nitrogens with one attached hydrogen (secondary N) is 2. The SMILES string of the molecule is Cc1cc2[nH]c(=O)n(C3CCN(CC(=O)NC4=NC5CCc6cc(Br)ccc6C5C4)CC3)c2cc1C. The molecule has 1 saturated heterocycles. The number of rotatable bonds is 3. The number of H-pyrrole nitrogens is 1. The molecule has 3 aromatic rings. The number of piperidine rings is 1. The van der Waals surface area contributed by atoms with E-state index in [-0.39, 0.29) is 23.7 Å². The number of hydrogen-bond donors (Lipinski definition) is 2. The molecule has 2 N–H and O–H groups in total. The number of aliphatic imine (C=N–C) groups is 1. The molecule has 1 aromatic heterocycles. The number of aromatic amines is 1. The van der Waals surface area contributed by atoms with Gasteiger partial charge in [0.25, 0.3) is 0 Å². The Kier molecular flexibility index (Phi) is 6.12. The minimum Gasteiger partial charge on any atom is -0.313 e. The number of hydrogen-bond acceptors (Lipinski definition) is 4. The van der Waals surface area contributed by atoms with Crippen LogP contribution < -0.4 is 11.0 Å². The van der Waals surface area contributed by atoms with Gasteiger partial charge < -0.3 is 10.3 Å². The van der Waals surface area contributed by atoms with Crippen molar-refractivity contribution in [2.75, 3.05) is 19.6 Å². The van der Waals surface area contributed by atoms with Crippen LogP contribution in [0.15, 0.2) is 44.6 Å². The second-order valence-corrected chi connectivity index (χ2v) is 11.6. The van der Waals surface area contributed by atoms with Crippen molar-refractivity contribution in [1.29, 1.82) is 0 Å². The molecule has 3 aliphatic rings. The maximum Gasteiger partial charge on any atom is 0.326 e. The molecule has 188 valence electrons. The average Bonchev–Trinajstić information content (AvgIpc) is 3.39. The summed E-state index contributed by atoms with van der Waals surface area (Å²) in [5.74, 6) is 1.21. The molecule has 0 saturated carbocycles. The summed E-state index contributed by atoms with van der Waals surface area (Å²) in [5, 5.41) is 3.11. The first kappa shape index (κ1) is 23.7. The van der Waals surface area contributed by atoms with Crippen LogP contribution in [-0.4, -0.2) is 51.9 Å². The van der Waals surface area contributed by atoms with E-state index in [0.29, 0.717) is 12.5 Å². The smallest absolute Gasteiger partial charge is 0.313 e. The number of aryl methyl sites for hydroxylation is 3. The summed E-state index contributed by atoms with van der Waals surface area (Å²) < 4.78 is 3.04. The van der Waals surface area contributed by atoms with Crippen molar-refractivity contribution in [2.45, 2.75) is 64.0 Å². The Labute approximate surface area is 219 Å². The molecule has 0 bridgehead atoms. The van der Waals surface area contributed by atoms with E-state index >= 15 is 0 Å². The van der Waals surface area contributed by atoms with Crippen LogP contribution in [0.3, 0.4) is 0 Å². The van der Waals surface area contributed by atoms with Crippen molar-refractivity contribution >= 4 is 38.7 Å². The fraction of sp³-hybridized carbons (Fsp3) is 0.464. The van der Waals surface area contributed by atoms with Gasteiger partial charge in [-0.1, -0.05) is 22.0 Å². The van der Waals surface area contributed by atoms with Crippen LogP contribution in [0.5, 0.6) is 0 Å². The number of fused-ring (bicyclic) bond motifs is 4. The van der Waals surface area contributed by atoms with Gasteiger partial charge in [0.2, 0.25) is 5.91 Å². The molecule has 8 heteroatoms. The number of carbonyl (C=O) groups excluding carboxylic acids is 1. The highest BCUT2D eigenvalue weighted by molar-refractivity contribution is 9.10. The number of likely N-dealkylation sites (tertiary alicyclic amines) is 1. The van der Waals surface area contributed by atoms with Gasteiger partial charge in [-0.05, 0) is 86.1 Å². The maximum atomic E-state index is 12.9. The molecular formula is C28H32BrN5O2. The lowest BCUT2D eigenvalue weighted by Crippen LogP contribution is -2.44. The highest BCUT2D eigenvalue weighted by atomic mass is 79.9. The molecule has 2 atom stereocenters.